The number of rotatable bonds is 12. The molecule has 2 N–H and O–H groups in total. The van der Waals surface area contributed by atoms with Gasteiger partial charge in [0, 0.05) is 25.8 Å². The van der Waals surface area contributed by atoms with Crippen molar-refractivity contribution in [1.29, 1.82) is 0 Å². The van der Waals surface area contributed by atoms with E-state index in [0.29, 0.717) is 24.6 Å². The molecule has 2 aliphatic rings. The predicted molar refractivity (Wildman–Crippen MR) is 151 cm³/mol. The van der Waals surface area contributed by atoms with E-state index in [1.54, 1.807) is 0 Å². The van der Waals surface area contributed by atoms with Gasteiger partial charge in [-0.3, -0.25) is 4.79 Å². The molecule has 4 atom stereocenters. The van der Waals surface area contributed by atoms with Gasteiger partial charge in [0.2, 0.25) is 17.7 Å². The van der Waals surface area contributed by atoms with Crippen LogP contribution in [0.4, 0.5) is 23.0 Å². The van der Waals surface area contributed by atoms with Crippen LogP contribution in [0.5, 0.6) is 5.88 Å². The Morgan fingerprint density at radius 3 is 2.62 bits per heavy atom. The van der Waals surface area contributed by atoms with Crippen molar-refractivity contribution in [2.75, 3.05) is 63.0 Å². The van der Waals surface area contributed by atoms with Crippen molar-refractivity contribution < 1.29 is 23.7 Å². The van der Waals surface area contributed by atoms with Gasteiger partial charge in [-0.05, 0) is 52.2 Å². The fourth-order valence-electron chi connectivity index (χ4n) is 4.46. The first-order valence-electron chi connectivity index (χ1n) is 12.9. The Bertz CT molecular complexity index is 1170. The van der Waals surface area contributed by atoms with Crippen molar-refractivity contribution in [3.05, 3.63) is 42.1 Å². The molecule has 2 aromatic rings. The van der Waals surface area contributed by atoms with E-state index in [0.717, 1.165) is 18.8 Å². The maximum absolute atomic E-state index is 12.1. The minimum Gasteiger partial charge on any atom is -0.468 e. The Hall–Kier alpha value is -2.96. The zero-order valence-electron chi connectivity index (χ0n) is 23.0. The summed E-state index contributed by atoms with van der Waals surface area (Å²) in [6.07, 6.45) is 1.79. The molecule has 0 bridgehead atoms. The summed E-state index contributed by atoms with van der Waals surface area (Å²) in [4.78, 5) is 25.1. The molecular formula is C27H37ClN6O5. The van der Waals surface area contributed by atoms with Crippen molar-refractivity contribution in [1.82, 2.24) is 14.9 Å². The number of hydrogen-bond acceptors (Lipinski definition) is 10. The fourth-order valence-corrected chi connectivity index (χ4v) is 4.60. The number of nitrogens with zero attached hydrogens (tertiary/aromatic N) is 4. The number of aromatic nitrogens is 2. The standard InChI is InChI=1S/C27H37ClN6O5/c1-7-23(35)31-19-12-17(8-9-20(19)34(6)11-10-33(4)5)30-27-29-13-18(28)26(32-27)39-22-15-37-24-21(38-16(2)3)14-36-25(22)24/h7-9,12-13,16,21-22,24-25H,1,10-11,14-15H2,2-6H3,(H,31,35)(H,29,30,32)/t21-,22-,24-,25-/m1/s1. The SMILES string of the molecule is C=CC(=O)Nc1cc(Nc2ncc(Cl)c(O[C@@H]3CO[C@H]4[C@@H]3OC[C@H]4OC(C)C)n2)ccc1N(C)CCN(C)C. The van der Waals surface area contributed by atoms with E-state index in [1.807, 2.05) is 53.2 Å². The van der Waals surface area contributed by atoms with Crippen LogP contribution in [0.2, 0.25) is 5.02 Å². The first-order valence-corrected chi connectivity index (χ1v) is 13.3. The van der Waals surface area contributed by atoms with Gasteiger partial charge >= 0.3 is 0 Å². The molecule has 2 fully saturated rings. The van der Waals surface area contributed by atoms with E-state index in [9.17, 15) is 4.79 Å². The molecule has 0 unspecified atom stereocenters. The second-order valence-corrected chi connectivity index (χ2v) is 10.5. The summed E-state index contributed by atoms with van der Waals surface area (Å²) >= 11 is 6.37. The molecule has 4 rings (SSSR count). The summed E-state index contributed by atoms with van der Waals surface area (Å²) in [6.45, 7) is 9.95. The van der Waals surface area contributed by atoms with Crippen molar-refractivity contribution in [2.24, 2.45) is 0 Å². The van der Waals surface area contributed by atoms with Gasteiger partial charge in [0.25, 0.3) is 0 Å². The average Bonchev–Trinajstić information content (AvgIpc) is 3.47. The Kier molecular flexibility index (Phi) is 9.62. The summed E-state index contributed by atoms with van der Waals surface area (Å²) in [7, 11) is 6.01. The molecule has 0 spiro atoms. The van der Waals surface area contributed by atoms with Gasteiger partial charge in [0.15, 0.2) is 6.10 Å². The van der Waals surface area contributed by atoms with Crippen molar-refractivity contribution >= 4 is 40.5 Å². The van der Waals surface area contributed by atoms with Crippen molar-refractivity contribution in [2.45, 2.75) is 44.4 Å². The molecule has 0 aliphatic carbocycles. The Labute approximate surface area is 234 Å². The van der Waals surface area contributed by atoms with E-state index >= 15 is 0 Å². The lowest BCUT2D eigenvalue weighted by molar-refractivity contribution is -0.111. The second-order valence-electron chi connectivity index (χ2n) is 10.1. The molecular weight excluding hydrogens is 524 g/mol. The number of hydrogen-bond donors (Lipinski definition) is 2. The van der Waals surface area contributed by atoms with Gasteiger partial charge < -0.3 is 39.4 Å². The van der Waals surface area contributed by atoms with Crippen molar-refractivity contribution in [3.63, 3.8) is 0 Å². The number of halogens is 1. The van der Waals surface area contributed by atoms with Crippen LogP contribution >= 0.6 is 11.6 Å². The van der Waals surface area contributed by atoms with Gasteiger partial charge in [-0.2, -0.15) is 4.98 Å². The first-order chi connectivity index (χ1) is 18.6. The molecule has 212 valence electrons. The second kappa shape index (κ2) is 12.9. The smallest absolute Gasteiger partial charge is 0.247 e. The maximum Gasteiger partial charge on any atom is 0.247 e. The minimum atomic E-state index is -0.381. The van der Waals surface area contributed by atoms with Crippen LogP contribution in [0, 0.1) is 0 Å². The molecule has 3 heterocycles. The lowest BCUT2D eigenvalue weighted by Gasteiger charge is -2.24. The van der Waals surface area contributed by atoms with E-state index in [-0.39, 0.29) is 53.3 Å². The summed E-state index contributed by atoms with van der Waals surface area (Å²) < 4.78 is 23.9. The van der Waals surface area contributed by atoms with Crippen LogP contribution in [0.25, 0.3) is 0 Å². The number of carbonyl (C=O) groups is 1. The van der Waals surface area contributed by atoms with Gasteiger partial charge in [0.05, 0.1) is 36.9 Å². The molecule has 12 heteroatoms. The van der Waals surface area contributed by atoms with E-state index < -0.39 is 0 Å². The largest absolute Gasteiger partial charge is 0.468 e. The summed E-state index contributed by atoms with van der Waals surface area (Å²) in [5.74, 6) is 0.202. The summed E-state index contributed by atoms with van der Waals surface area (Å²) in [5, 5.41) is 6.33. The van der Waals surface area contributed by atoms with Gasteiger partial charge in [-0.15, -0.1) is 0 Å². The third-order valence-corrected chi connectivity index (χ3v) is 6.63. The third-order valence-electron chi connectivity index (χ3n) is 6.37. The van der Waals surface area contributed by atoms with Gasteiger partial charge in [-0.1, -0.05) is 18.2 Å². The molecule has 0 saturated carbocycles. The van der Waals surface area contributed by atoms with E-state index in [2.05, 4.69) is 37.0 Å². The van der Waals surface area contributed by atoms with Crippen LogP contribution in [0.15, 0.2) is 37.1 Å². The van der Waals surface area contributed by atoms with Crippen LogP contribution in [0.3, 0.4) is 0 Å². The van der Waals surface area contributed by atoms with Crippen LogP contribution in [-0.4, -0.2) is 98.7 Å². The predicted octanol–water partition coefficient (Wildman–Crippen LogP) is 3.33. The first kappa shape index (κ1) is 29.0. The summed E-state index contributed by atoms with van der Waals surface area (Å²) in [5.41, 5.74) is 2.16. The lowest BCUT2D eigenvalue weighted by atomic mass is 10.1. The molecule has 1 aromatic carbocycles. The van der Waals surface area contributed by atoms with Crippen LogP contribution in [0.1, 0.15) is 13.8 Å². The minimum absolute atomic E-state index is 0.0731. The highest BCUT2D eigenvalue weighted by Crippen LogP contribution is 2.34. The van der Waals surface area contributed by atoms with E-state index in [1.165, 1.54) is 12.3 Å². The average molecular weight is 561 g/mol. The summed E-state index contributed by atoms with van der Waals surface area (Å²) in [6, 6.07) is 5.63. The molecule has 1 aromatic heterocycles. The lowest BCUT2D eigenvalue weighted by Crippen LogP contribution is -2.36. The van der Waals surface area contributed by atoms with Crippen LogP contribution < -0.4 is 20.3 Å². The van der Waals surface area contributed by atoms with Crippen molar-refractivity contribution in [3.8, 4) is 5.88 Å². The Balaban J connectivity index is 1.48. The Morgan fingerprint density at radius 2 is 1.92 bits per heavy atom. The number of nitrogens with one attached hydrogen (secondary N) is 2. The monoisotopic (exact) mass is 560 g/mol. The molecule has 1 amide bonds. The molecule has 39 heavy (non-hydrogen) atoms. The number of fused-ring (bicyclic) bond motifs is 1. The zero-order chi connectivity index (χ0) is 28.1. The molecule has 0 radical (unpaired) electrons. The fraction of sp³-hybridized carbons (Fsp3) is 0.519. The number of likely N-dealkylation sites (N-methyl/N-ethyl adjacent to an activating group) is 2. The number of amides is 1. The Morgan fingerprint density at radius 1 is 1.21 bits per heavy atom. The quantitative estimate of drug-likeness (QED) is 0.375. The molecule has 11 nitrogen and oxygen atoms in total. The molecule has 2 aliphatic heterocycles. The number of carbonyl (C=O) groups excluding carboxylic acids is 1. The number of anilines is 4. The highest BCUT2D eigenvalue weighted by atomic mass is 35.5. The maximum atomic E-state index is 12.1. The number of ether oxygens (including phenoxy) is 4. The third kappa shape index (κ3) is 7.37. The molecule has 2 saturated heterocycles. The van der Waals surface area contributed by atoms with Crippen LogP contribution in [-0.2, 0) is 19.0 Å². The van der Waals surface area contributed by atoms with E-state index in [4.69, 9.17) is 30.5 Å². The highest BCUT2D eigenvalue weighted by Gasteiger charge is 2.50. The highest BCUT2D eigenvalue weighted by molar-refractivity contribution is 6.31. The van der Waals surface area contributed by atoms with Gasteiger partial charge in [-0.25, -0.2) is 4.98 Å². The topological polar surface area (TPSA) is 110 Å². The number of benzene rings is 1. The normalized spacial score (nSPS) is 22.2. The van der Waals surface area contributed by atoms with Gasteiger partial charge in [0.1, 0.15) is 23.3 Å². The zero-order valence-corrected chi connectivity index (χ0v) is 23.8.